The van der Waals surface area contributed by atoms with Crippen molar-refractivity contribution in [2.75, 3.05) is 11.4 Å². The Balaban J connectivity index is 2.32. The molecular formula is C14H21NO. The first-order chi connectivity index (χ1) is 7.61. The number of benzene rings is 1. The summed E-state index contributed by atoms with van der Waals surface area (Å²) in [5.74, 6) is 0.753. The van der Waals surface area contributed by atoms with E-state index in [1.165, 1.54) is 17.7 Å². The Morgan fingerprint density at radius 1 is 1.38 bits per heavy atom. The van der Waals surface area contributed by atoms with Crippen LogP contribution >= 0.6 is 0 Å². The first kappa shape index (κ1) is 11.5. The quantitative estimate of drug-likeness (QED) is 0.826. The molecule has 0 spiro atoms. The van der Waals surface area contributed by atoms with Crippen LogP contribution in [0.25, 0.3) is 0 Å². The lowest BCUT2D eigenvalue weighted by atomic mass is 10.1. The topological polar surface area (TPSA) is 23.5 Å². The second-order valence-electron chi connectivity index (χ2n) is 5.13. The SMILES string of the molecule is Cc1ccc(N2CC(C)CC2C)c(CO)c1. The van der Waals surface area contributed by atoms with Crippen molar-refractivity contribution < 1.29 is 5.11 Å². The van der Waals surface area contributed by atoms with Gasteiger partial charge in [0, 0.05) is 23.8 Å². The van der Waals surface area contributed by atoms with E-state index in [9.17, 15) is 5.11 Å². The van der Waals surface area contributed by atoms with Crippen LogP contribution < -0.4 is 4.90 Å². The highest BCUT2D eigenvalue weighted by Crippen LogP contribution is 2.31. The van der Waals surface area contributed by atoms with Crippen LogP contribution in [0.4, 0.5) is 5.69 Å². The highest BCUT2D eigenvalue weighted by Gasteiger charge is 2.27. The summed E-state index contributed by atoms with van der Waals surface area (Å²) in [6.45, 7) is 7.87. The van der Waals surface area contributed by atoms with E-state index in [1.54, 1.807) is 0 Å². The fourth-order valence-corrected chi connectivity index (χ4v) is 2.76. The first-order valence-electron chi connectivity index (χ1n) is 6.09. The molecule has 2 rings (SSSR count). The number of rotatable bonds is 2. The van der Waals surface area contributed by atoms with Crippen molar-refractivity contribution in [3.05, 3.63) is 29.3 Å². The summed E-state index contributed by atoms with van der Waals surface area (Å²) in [6.07, 6.45) is 1.25. The third kappa shape index (κ3) is 2.07. The van der Waals surface area contributed by atoms with Gasteiger partial charge in [0.15, 0.2) is 0 Å². The second-order valence-corrected chi connectivity index (χ2v) is 5.13. The van der Waals surface area contributed by atoms with Gasteiger partial charge in [0.1, 0.15) is 0 Å². The third-order valence-corrected chi connectivity index (χ3v) is 3.50. The molecule has 1 N–H and O–H groups in total. The molecule has 2 nitrogen and oxygen atoms in total. The molecule has 1 heterocycles. The van der Waals surface area contributed by atoms with Gasteiger partial charge in [-0.3, -0.25) is 0 Å². The van der Waals surface area contributed by atoms with E-state index >= 15 is 0 Å². The van der Waals surface area contributed by atoms with Crippen molar-refractivity contribution >= 4 is 5.69 Å². The minimum Gasteiger partial charge on any atom is -0.392 e. The molecule has 1 aliphatic rings. The van der Waals surface area contributed by atoms with Gasteiger partial charge < -0.3 is 10.0 Å². The molecule has 0 radical (unpaired) electrons. The van der Waals surface area contributed by atoms with E-state index in [4.69, 9.17) is 0 Å². The predicted molar refractivity (Wildman–Crippen MR) is 67.7 cm³/mol. The fourth-order valence-electron chi connectivity index (χ4n) is 2.76. The molecule has 2 unspecified atom stereocenters. The highest BCUT2D eigenvalue weighted by molar-refractivity contribution is 5.56. The monoisotopic (exact) mass is 219 g/mol. The largest absolute Gasteiger partial charge is 0.392 e. The number of aryl methyl sites for hydroxylation is 1. The summed E-state index contributed by atoms with van der Waals surface area (Å²) in [5, 5.41) is 9.43. The smallest absolute Gasteiger partial charge is 0.0702 e. The van der Waals surface area contributed by atoms with Crippen LogP contribution in [0.2, 0.25) is 0 Å². The minimum atomic E-state index is 0.134. The van der Waals surface area contributed by atoms with Gasteiger partial charge in [0.05, 0.1) is 6.61 Å². The molecule has 2 heteroatoms. The minimum absolute atomic E-state index is 0.134. The van der Waals surface area contributed by atoms with E-state index in [1.807, 2.05) is 0 Å². The number of aliphatic hydroxyl groups is 1. The Kier molecular flexibility index (Phi) is 3.20. The van der Waals surface area contributed by atoms with Crippen LogP contribution in [0.15, 0.2) is 18.2 Å². The van der Waals surface area contributed by atoms with Gasteiger partial charge in [0.25, 0.3) is 0 Å². The standard InChI is InChI=1S/C14H21NO/c1-10-4-5-14(13(7-10)9-16)15-8-11(2)6-12(15)3/h4-5,7,11-12,16H,6,8-9H2,1-3H3. The lowest BCUT2D eigenvalue weighted by molar-refractivity contribution is 0.282. The number of aliphatic hydroxyl groups excluding tert-OH is 1. The maximum absolute atomic E-state index is 9.43. The lowest BCUT2D eigenvalue weighted by Crippen LogP contribution is -2.27. The zero-order valence-corrected chi connectivity index (χ0v) is 10.4. The van der Waals surface area contributed by atoms with E-state index in [2.05, 4.69) is 43.9 Å². The molecule has 1 aliphatic heterocycles. The van der Waals surface area contributed by atoms with Gasteiger partial charge in [0.2, 0.25) is 0 Å². The Bertz CT molecular complexity index is 375. The van der Waals surface area contributed by atoms with Crippen molar-refractivity contribution in [2.24, 2.45) is 5.92 Å². The molecule has 16 heavy (non-hydrogen) atoms. The summed E-state index contributed by atoms with van der Waals surface area (Å²) in [5.41, 5.74) is 3.48. The molecule has 0 amide bonds. The molecule has 1 fully saturated rings. The fraction of sp³-hybridized carbons (Fsp3) is 0.571. The van der Waals surface area contributed by atoms with Gasteiger partial charge in [-0.1, -0.05) is 24.6 Å². The third-order valence-electron chi connectivity index (χ3n) is 3.50. The van der Waals surface area contributed by atoms with Gasteiger partial charge in [-0.2, -0.15) is 0 Å². The predicted octanol–water partition coefficient (Wildman–Crippen LogP) is 2.72. The van der Waals surface area contributed by atoms with E-state index in [0.29, 0.717) is 6.04 Å². The molecule has 2 atom stereocenters. The van der Waals surface area contributed by atoms with Crippen molar-refractivity contribution in [3.8, 4) is 0 Å². The maximum Gasteiger partial charge on any atom is 0.0702 e. The molecule has 88 valence electrons. The summed E-state index contributed by atoms with van der Waals surface area (Å²) >= 11 is 0. The molecular weight excluding hydrogens is 198 g/mol. The lowest BCUT2D eigenvalue weighted by Gasteiger charge is -2.26. The number of hydrogen-bond donors (Lipinski definition) is 1. The number of nitrogens with zero attached hydrogens (tertiary/aromatic N) is 1. The molecule has 1 saturated heterocycles. The van der Waals surface area contributed by atoms with Crippen LogP contribution in [0.5, 0.6) is 0 Å². The zero-order chi connectivity index (χ0) is 11.7. The molecule has 0 saturated carbocycles. The molecule has 1 aromatic carbocycles. The average Bonchev–Trinajstić information content (AvgIpc) is 2.57. The number of hydrogen-bond acceptors (Lipinski definition) is 2. The summed E-state index contributed by atoms with van der Waals surface area (Å²) < 4.78 is 0. The molecule has 0 bridgehead atoms. The van der Waals surface area contributed by atoms with Crippen LogP contribution in [-0.4, -0.2) is 17.7 Å². The van der Waals surface area contributed by atoms with E-state index in [-0.39, 0.29) is 6.61 Å². The van der Waals surface area contributed by atoms with Gasteiger partial charge >= 0.3 is 0 Å². The Morgan fingerprint density at radius 2 is 2.12 bits per heavy atom. The van der Waals surface area contributed by atoms with Crippen LogP contribution in [0.3, 0.4) is 0 Å². The molecule has 0 aromatic heterocycles. The maximum atomic E-state index is 9.43. The summed E-state index contributed by atoms with van der Waals surface area (Å²) in [6, 6.07) is 6.95. The average molecular weight is 219 g/mol. The summed E-state index contributed by atoms with van der Waals surface area (Å²) in [4.78, 5) is 2.43. The molecule has 1 aromatic rings. The van der Waals surface area contributed by atoms with Crippen molar-refractivity contribution in [2.45, 2.75) is 39.8 Å². The first-order valence-corrected chi connectivity index (χ1v) is 6.09. The van der Waals surface area contributed by atoms with Crippen LogP contribution in [-0.2, 0) is 6.61 Å². The Labute approximate surface area is 97.9 Å². The van der Waals surface area contributed by atoms with Crippen molar-refractivity contribution in [3.63, 3.8) is 0 Å². The normalized spacial score (nSPS) is 25.1. The Morgan fingerprint density at radius 3 is 2.69 bits per heavy atom. The van der Waals surface area contributed by atoms with E-state index < -0.39 is 0 Å². The number of anilines is 1. The van der Waals surface area contributed by atoms with Crippen LogP contribution in [0, 0.1) is 12.8 Å². The highest BCUT2D eigenvalue weighted by atomic mass is 16.3. The van der Waals surface area contributed by atoms with Crippen molar-refractivity contribution in [1.82, 2.24) is 0 Å². The molecule has 0 aliphatic carbocycles. The van der Waals surface area contributed by atoms with Gasteiger partial charge in [-0.15, -0.1) is 0 Å². The van der Waals surface area contributed by atoms with Crippen molar-refractivity contribution in [1.29, 1.82) is 0 Å². The van der Waals surface area contributed by atoms with Gasteiger partial charge in [-0.05, 0) is 32.3 Å². The summed E-state index contributed by atoms with van der Waals surface area (Å²) in [7, 11) is 0. The second kappa shape index (κ2) is 4.46. The van der Waals surface area contributed by atoms with Gasteiger partial charge in [-0.25, -0.2) is 0 Å². The van der Waals surface area contributed by atoms with E-state index in [0.717, 1.165) is 18.0 Å². The zero-order valence-electron chi connectivity index (χ0n) is 10.4. The Hall–Kier alpha value is -1.02. The van der Waals surface area contributed by atoms with Crippen LogP contribution in [0.1, 0.15) is 31.4 Å².